The molecule has 0 bridgehead atoms. The summed E-state index contributed by atoms with van der Waals surface area (Å²) < 4.78 is 0. The Morgan fingerprint density at radius 1 is 0.403 bits per heavy atom. The van der Waals surface area contributed by atoms with E-state index in [9.17, 15) is 19.8 Å². The van der Waals surface area contributed by atoms with E-state index in [0.29, 0.717) is 9.75 Å². The lowest BCUT2D eigenvalue weighted by atomic mass is 9.94. The van der Waals surface area contributed by atoms with Gasteiger partial charge in [-0.1, -0.05) is 176 Å². The Morgan fingerprint density at radius 3 is 1.23 bits per heavy atom. The molecule has 2 heterocycles. The molecule has 10 rings (SSSR count). The summed E-state index contributed by atoms with van der Waals surface area (Å²) in [7, 11) is 0. The highest BCUT2D eigenvalue weighted by molar-refractivity contribution is 7.16. The number of benzene rings is 8. The quantitative estimate of drug-likeness (QED) is 0.0561. The first-order valence-corrected chi connectivity index (χ1v) is 26.1. The Balaban J connectivity index is 0.906. The van der Waals surface area contributed by atoms with Gasteiger partial charge in [0.05, 0.1) is 0 Å². The minimum Gasteiger partial charge on any atom is -0.477 e. The maximum Gasteiger partial charge on any atom is 0.346 e. The number of carbonyl (C=O) groups is 2. The largest absolute Gasteiger partial charge is 0.477 e. The van der Waals surface area contributed by atoms with Gasteiger partial charge in [-0.25, -0.2) is 9.59 Å². The summed E-state index contributed by atoms with van der Waals surface area (Å²) in [6, 6.07) is 78.7. The first-order chi connectivity index (χ1) is 37.7. The molecule has 0 saturated carbocycles. The smallest absolute Gasteiger partial charge is 0.346 e. The van der Waals surface area contributed by atoms with Crippen LogP contribution in [0.4, 0.5) is 17.1 Å². The molecule has 9 heteroatoms. The second-order valence-corrected chi connectivity index (χ2v) is 20.1. The molecule has 0 aliphatic heterocycles. The Kier molecular flexibility index (Phi) is 15.3. The fourth-order valence-electron chi connectivity index (χ4n) is 8.75. The van der Waals surface area contributed by atoms with E-state index in [1.165, 1.54) is 45.6 Å². The highest BCUT2D eigenvalue weighted by Crippen LogP contribution is 2.37. The SMILES string of the molecule is N#C/C(=C/c1ccc(-c2ccc(/C=C/c3ccc(N(c4ccc(/C=C(/c5ccccc5)c5ccc6ccccc6c5)cc4)c4ccc(/C=C/c5ccc(-c6ccc(/C=C(\C#N)C(=O)O)s6)cc5)cc4)cc3)cc2)s1)C(=O)O. The van der Waals surface area contributed by atoms with E-state index in [2.05, 4.69) is 199 Å². The van der Waals surface area contributed by atoms with Gasteiger partial charge in [0.1, 0.15) is 23.3 Å². The van der Waals surface area contributed by atoms with Crippen LogP contribution in [-0.4, -0.2) is 22.2 Å². The van der Waals surface area contributed by atoms with Crippen molar-refractivity contribution in [3.8, 4) is 33.0 Å². The molecule has 0 aliphatic rings. The van der Waals surface area contributed by atoms with Gasteiger partial charge in [-0.2, -0.15) is 10.5 Å². The first-order valence-electron chi connectivity index (χ1n) is 24.5. The second-order valence-electron chi connectivity index (χ2n) is 17.9. The van der Waals surface area contributed by atoms with Gasteiger partial charge >= 0.3 is 11.9 Å². The van der Waals surface area contributed by atoms with Crippen molar-refractivity contribution in [2.75, 3.05) is 4.90 Å². The average Bonchev–Trinajstić information content (AvgIpc) is 4.16. The Hall–Kier alpha value is -10.2. The van der Waals surface area contributed by atoms with E-state index >= 15 is 0 Å². The first kappa shape index (κ1) is 50.4. The van der Waals surface area contributed by atoms with Crippen LogP contribution in [0.2, 0.25) is 0 Å². The van der Waals surface area contributed by atoms with Gasteiger partial charge in [-0.15, -0.1) is 22.7 Å². The van der Waals surface area contributed by atoms with Crippen LogP contribution in [-0.2, 0) is 9.59 Å². The molecule has 0 unspecified atom stereocenters. The average molecular weight is 1030 g/mol. The standard InChI is InChI=1S/C68H45N3O4S2/c69-44-57(67(72)73)42-62-36-38-65(76-62)53-24-14-46(15-25-53)10-12-48-18-30-59(31-19-48)71(61-34-22-50(23-35-61)40-64(52-7-2-1-3-8-52)56-29-28-51-6-4-5-9-55(51)41-56)60-32-20-49(21-33-60)13-11-47-16-26-54(27-17-47)66-39-37-63(77-66)43-58(45-70)68(74)75/h1-43H,(H,72,73)(H,74,75)/b12-10+,13-11+,57-42-,58-43+,64-40-. The lowest BCUT2D eigenvalue weighted by Crippen LogP contribution is -2.09. The molecule has 0 amide bonds. The van der Waals surface area contributed by atoms with Crippen LogP contribution in [0, 0.1) is 22.7 Å². The van der Waals surface area contributed by atoms with Crippen LogP contribution >= 0.6 is 22.7 Å². The maximum atomic E-state index is 11.3. The molecular weight excluding hydrogens is 987 g/mol. The molecular formula is C68H45N3O4S2. The second kappa shape index (κ2) is 23.4. The lowest BCUT2D eigenvalue weighted by Gasteiger charge is -2.26. The number of hydrogen-bond donors (Lipinski definition) is 2. The normalized spacial score (nSPS) is 11.9. The van der Waals surface area contributed by atoms with Gasteiger partial charge in [0.15, 0.2) is 0 Å². The molecule has 0 spiro atoms. The molecule has 0 saturated heterocycles. The summed E-state index contributed by atoms with van der Waals surface area (Å²) in [4.78, 5) is 28.3. The van der Waals surface area contributed by atoms with Crippen molar-refractivity contribution in [2.24, 2.45) is 0 Å². The highest BCUT2D eigenvalue weighted by Gasteiger charge is 2.15. The highest BCUT2D eigenvalue weighted by atomic mass is 32.1. The predicted molar refractivity (Wildman–Crippen MR) is 318 cm³/mol. The third-order valence-corrected chi connectivity index (χ3v) is 14.9. The topological polar surface area (TPSA) is 125 Å². The summed E-state index contributed by atoms with van der Waals surface area (Å²) in [5.74, 6) is -2.48. The van der Waals surface area contributed by atoms with Gasteiger partial charge in [0, 0.05) is 36.6 Å². The summed E-state index contributed by atoms with van der Waals surface area (Å²) in [5.41, 5.74) is 13.0. The molecule has 7 nitrogen and oxygen atoms in total. The predicted octanol–water partition coefficient (Wildman–Crippen LogP) is 17.7. The summed E-state index contributed by atoms with van der Waals surface area (Å²) >= 11 is 2.87. The van der Waals surface area contributed by atoms with Crippen LogP contribution in [0.5, 0.6) is 0 Å². The minimum atomic E-state index is -1.24. The van der Waals surface area contributed by atoms with Crippen molar-refractivity contribution in [1.29, 1.82) is 10.5 Å². The van der Waals surface area contributed by atoms with Crippen molar-refractivity contribution in [3.05, 3.63) is 278 Å². The van der Waals surface area contributed by atoms with Gasteiger partial charge in [0.2, 0.25) is 0 Å². The number of anilines is 3. The van der Waals surface area contributed by atoms with Crippen molar-refractivity contribution < 1.29 is 19.8 Å². The van der Waals surface area contributed by atoms with Crippen molar-refractivity contribution in [2.45, 2.75) is 0 Å². The van der Waals surface area contributed by atoms with E-state index in [0.717, 1.165) is 82.5 Å². The molecule has 0 radical (unpaired) electrons. The summed E-state index contributed by atoms with van der Waals surface area (Å²) in [5, 5.41) is 39.2. The van der Waals surface area contributed by atoms with E-state index < -0.39 is 11.9 Å². The number of fused-ring (bicyclic) bond motifs is 1. The van der Waals surface area contributed by atoms with Crippen LogP contribution in [0.1, 0.15) is 48.7 Å². The third kappa shape index (κ3) is 12.3. The molecule has 368 valence electrons. The molecule has 8 aromatic carbocycles. The zero-order valence-corrected chi connectivity index (χ0v) is 42.8. The maximum absolute atomic E-state index is 11.3. The lowest BCUT2D eigenvalue weighted by molar-refractivity contribution is -0.133. The molecule has 10 aromatic rings. The third-order valence-electron chi connectivity index (χ3n) is 12.8. The number of carboxylic acids is 2. The van der Waals surface area contributed by atoms with Crippen LogP contribution in [0.15, 0.2) is 230 Å². The van der Waals surface area contributed by atoms with E-state index in [1.54, 1.807) is 12.1 Å². The summed E-state index contributed by atoms with van der Waals surface area (Å²) in [6.07, 6.45) is 13.4. The number of nitrogens with zero attached hydrogens (tertiary/aromatic N) is 3. The number of hydrogen-bond acceptors (Lipinski definition) is 7. The van der Waals surface area contributed by atoms with E-state index in [1.807, 2.05) is 54.6 Å². The van der Waals surface area contributed by atoms with Crippen molar-refractivity contribution in [3.63, 3.8) is 0 Å². The number of carboxylic acid groups (broad SMARTS) is 2. The van der Waals surface area contributed by atoms with Gasteiger partial charge < -0.3 is 15.1 Å². The van der Waals surface area contributed by atoms with Crippen molar-refractivity contribution in [1.82, 2.24) is 0 Å². The molecule has 0 aliphatic carbocycles. The van der Waals surface area contributed by atoms with Gasteiger partial charge in [0.25, 0.3) is 0 Å². The molecule has 0 fully saturated rings. The Morgan fingerprint density at radius 2 is 0.805 bits per heavy atom. The van der Waals surface area contributed by atoms with Gasteiger partial charge in [-0.3, -0.25) is 0 Å². The minimum absolute atomic E-state index is 0.297. The molecule has 2 aromatic heterocycles. The van der Waals surface area contributed by atoms with Crippen LogP contribution < -0.4 is 4.90 Å². The number of rotatable bonds is 16. The number of nitriles is 2. The van der Waals surface area contributed by atoms with Gasteiger partial charge in [-0.05, 0) is 151 Å². The molecule has 77 heavy (non-hydrogen) atoms. The number of aliphatic carboxylic acids is 2. The number of thiophene rings is 2. The van der Waals surface area contributed by atoms with E-state index in [-0.39, 0.29) is 11.1 Å². The fourth-order valence-corrected chi connectivity index (χ4v) is 10.7. The molecule has 2 N–H and O–H groups in total. The van der Waals surface area contributed by atoms with E-state index in [4.69, 9.17) is 10.5 Å². The Bertz CT molecular complexity index is 3840. The Labute approximate surface area is 454 Å². The molecule has 0 atom stereocenters. The van der Waals surface area contributed by atoms with Crippen molar-refractivity contribution >= 4 is 111 Å². The zero-order chi connectivity index (χ0) is 53.1. The summed E-state index contributed by atoms with van der Waals surface area (Å²) in [6.45, 7) is 0. The van der Waals surface area contributed by atoms with Crippen LogP contribution in [0.25, 0.3) is 79.8 Å². The monoisotopic (exact) mass is 1030 g/mol. The fraction of sp³-hybridized carbons (Fsp3) is 0. The van der Waals surface area contributed by atoms with Crippen LogP contribution in [0.3, 0.4) is 0 Å². The zero-order valence-electron chi connectivity index (χ0n) is 41.2.